The maximum atomic E-state index is 11.9. The molecule has 20 heavy (non-hydrogen) atoms. The molecule has 0 saturated heterocycles. The first kappa shape index (κ1) is 14.6. The highest BCUT2D eigenvalue weighted by Gasteiger charge is 2.08. The number of anilines is 1. The van der Waals surface area contributed by atoms with Gasteiger partial charge in [0.15, 0.2) is 0 Å². The van der Waals surface area contributed by atoms with Crippen molar-refractivity contribution in [2.75, 3.05) is 5.32 Å². The lowest BCUT2D eigenvalue weighted by atomic mass is 10.1. The molecule has 2 aromatic rings. The first-order chi connectivity index (χ1) is 9.67. The molecule has 0 unspecified atom stereocenters. The molecule has 0 fully saturated rings. The number of halogens is 1. The molecule has 106 valence electrons. The monoisotopic (exact) mass is 291 g/mol. The van der Waals surface area contributed by atoms with Crippen LogP contribution in [0.4, 0.5) is 5.69 Å². The summed E-state index contributed by atoms with van der Waals surface area (Å²) in [5, 5.41) is 7.45. The third-order valence-electron chi connectivity index (χ3n) is 3.25. The molecular formula is C15H18ClN3O. The van der Waals surface area contributed by atoms with Crippen molar-refractivity contribution in [2.24, 2.45) is 0 Å². The summed E-state index contributed by atoms with van der Waals surface area (Å²) in [5.74, 6) is 0. The van der Waals surface area contributed by atoms with E-state index >= 15 is 0 Å². The molecule has 2 rings (SSSR count). The minimum Gasteiger partial charge on any atom is -0.378 e. The van der Waals surface area contributed by atoms with Gasteiger partial charge in [-0.15, -0.1) is 0 Å². The minimum atomic E-state index is -0.261. The van der Waals surface area contributed by atoms with Gasteiger partial charge in [0.25, 0.3) is 5.56 Å². The van der Waals surface area contributed by atoms with Gasteiger partial charge in [0.2, 0.25) is 0 Å². The number of benzene rings is 1. The van der Waals surface area contributed by atoms with Crippen LogP contribution in [0.3, 0.4) is 0 Å². The summed E-state index contributed by atoms with van der Waals surface area (Å²) in [6.07, 6.45) is 2.57. The lowest BCUT2D eigenvalue weighted by Gasteiger charge is -2.11. The Labute approximate surface area is 123 Å². The minimum absolute atomic E-state index is 0.191. The summed E-state index contributed by atoms with van der Waals surface area (Å²) in [6, 6.07) is 8.21. The van der Waals surface area contributed by atoms with Gasteiger partial charge in [-0.25, -0.2) is 4.68 Å². The maximum Gasteiger partial charge on any atom is 0.287 e. The van der Waals surface area contributed by atoms with Crippen molar-refractivity contribution in [2.45, 2.75) is 33.4 Å². The molecule has 5 heteroatoms. The molecule has 0 spiro atoms. The van der Waals surface area contributed by atoms with Crippen LogP contribution in [0.2, 0.25) is 5.02 Å². The summed E-state index contributed by atoms with van der Waals surface area (Å²) in [5.41, 5.74) is 2.80. The normalized spacial score (nSPS) is 10.6. The molecule has 0 aliphatic heterocycles. The Hall–Kier alpha value is -1.81. The Bertz CT molecular complexity index is 652. The molecule has 0 aliphatic carbocycles. The molecule has 0 saturated carbocycles. The van der Waals surface area contributed by atoms with Crippen LogP contribution < -0.4 is 10.9 Å². The number of aromatic nitrogens is 2. The zero-order valence-corrected chi connectivity index (χ0v) is 12.4. The molecular weight excluding hydrogens is 274 g/mol. The average Bonchev–Trinajstić information content (AvgIpc) is 2.49. The van der Waals surface area contributed by atoms with Gasteiger partial charge in [-0.05, 0) is 24.5 Å². The molecule has 1 aromatic carbocycles. The van der Waals surface area contributed by atoms with Crippen LogP contribution in [-0.4, -0.2) is 9.78 Å². The Kier molecular flexibility index (Phi) is 4.79. The van der Waals surface area contributed by atoms with Crippen molar-refractivity contribution in [1.82, 2.24) is 9.78 Å². The fourth-order valence-corrected chi connectivity index (χ4v) is 2.29. The lowest BCUT2D eigenvalue weighted by molar-refractivity contribution is 0.616. The highest BCUT2D eigenvalue weighted by Crippen LogP contribution is 2.17. The van der Waals surface area contributed by atoms with Crippen LogP contribution in [0.15, 0.2) is 35.3 Å². The second kappa shape index (κ2) is 6.57. The quantitative estimate of drug-likeness (QED) is 0.921. The standard InChI is InChI=1S/C15H18ClN3O/c1-3-11-7-5-6-8-12(11)9-17-13-10-18-19(4-2)15(20)14(13)16/h5-8,10,17H,3-4,9H2,1-2H3. The number of hydrogen-bond donors (Lipinski definition) is 1. The molecule has 1 heterocycles. The van der Waals surface area contributed by atoms with Crippen molar-refractivity contribution in [1.29, 1.82) is 0 Å². The molecule has 0 aliphatic rings. The van der Waals surface area contributed by atoms with Crippen LogP contribution in [0.5, 0.6) is 0 Å². The van der Waals surface area contributed by atoms with E-state index in [2.05, 4.69) is 29.5 Å². The van der Waals surface area contributed by atoms with Crippen LogP contribution in [0.1, 0.15) is 25.0 Å². The van der Waals surface area contributed by atoms with Crippen LogP contribution in [0, 0.1) is 0 Å². The van der Waals surface area contributed by atoms with Crippen LogP contribution in [-0.2, 0) is 19.5 Å². The van der Waals surface area contributed by atoms with Crippen LogP contribution >= 0.6 is 11.6 Å². The van der Waals surface area contributed by atoms with E-state index < -0.39 is 0 Å². The van der Waals surface area contributed by atoms with E-state index in [4.69, 9.17) is 11.6 Å². The molecule has 1 aromatic heterocycles. The third-order valence-corrected chi connectivity index (χ3v) is 3.62. The van der Waals surface area contributed by atoms with Crippen molar-refractivity contribution >= 4 is 17.3 Å². The van der Waals surface area contributed by atoms with Gasteiger partial charge in [0.1, 0.15) is 5.02 Å². The van der Waals surface area contributed by atoms with Gasteiger partial charge >= 0.3 is 0 Å². The largest absolute Gasteiger partial charge is 0.378 e. The first-order valence-electron chi connectivity index (χ1n) is 6.73. The summed E-state index contributed by atoms with van der Waals surface area (Å²) in [4.78, 5) is 11.9. The Morgan fingerprint density at radius 1 is 1.25 bits per heavy atom. The smallest absolute Gasteiger partial charge is 0.287 e. The summed E-state index contributed by atoms with van der Waals surface area (Å²) in [6.45, 7) is 5.11. The van der Waals surface area contributed by atoms with E-state index in [1.807, 2.05) is 19.1 Å². The summed E-state index contributed by atoms with van der Waals surface area (Å²) in [7, 11) is 0. The van der Waals surface area contributed by atoms with E-state index in [-0.39, 0.29) is 10.6 Å². The molecule has 0 atom stereocenters. The van der Waals surface area contributed by atoms with Gasteiger partial charge in [-0.3, -0.25) is 4.79 Å². The van der Waals surface area contributed by atoms with E-state index in [1.54, 1.807) is 6.20 Å². The fraction of sp³-hybridized carbons (Fsp3) is 0.333. The molecule has 0 bridgehead atoms. The second-order valence-corrected chi connectivity index (χ2v) is 4.85. The molecule has 0 amide bonds. The third kappa shape index (κ3) is 3.02. The number of nitrogens with zero attached hydrogens (tertiary/aromatic N) is 2. The summed E-state index contributed by atoms with van der Waals surface area (Å²) < 4.78 is 1.34. The molecule has 4 nitrogen and oxygen atoms in total. The highest BCUT2D eigenvalue weighted by atomic mass is 35.5. The number of rotatable bonds is 5. The predicted octanol–water partition coefficient (Wildman–Crippen LogP) is 3.09. The SMILES string of the molecule is CCc1ccccc1CNc1cnn(CC)c(=O)c1Cl. The van der Waals surface area contributed by atoms with E-state index in [0.29, 0.717) is 18.8 Å². The van der Waals surface area contributed by atoms with Gasteiger partial charge in [0, 0.05) is 13.1 Å². The predicted molar refractivity (Wildman–Crippen MR) is 82.3 cm³/mol. The Balaban J connectivity index is 2.19. The van der Waals surface area contributed by atoms with Crippen molar-refractivity contribution in [3.05, 3.63) is 57.0 Å². The lowest BCUT2D eigenvalue weighted by Crippen LogP contribution is -2.23. The Morgan fingerprint density at radius 2 is 1.95 bits per heavy atom. The second-order valence-electron chi connectivity index (χ2n) is 4.47. The maximum absolute atomic E-state index is 11.9. The van der Waals surface area contributed by atoms with E-state index in [9.17, 15) is 4.79 Å². The van der Waals surface area contributed by atoms with Gasteiger partial charge in [0.05, 0.1) is 11.9 Å². The number of hydrogen-bond acceptors (Lipinski definition) is 3. The van der Waals surface area contributed by atoms with Crippen LogP contribution in [0.25, 0.3) is 0 Å². The molecule has 1 N–H and O–H groups in total. The molecule has 0 radical (unpaired) electrons. The van der Waals surface area contributed by atoms with Gasteiger partial charge in [-0.1, -0.05) is 42.8 Å². The summed E-state index contributed by atoms with van der Waals surface area (Å²) >= 11 is 6.08. The first-order valence-corrected chi connectivity index (χ1v) is 7.11. The van der Waals surface area contributed by atoms with Gasteiger partial charge < -0.3 is 5.32 Å². The van der Waals surface area contributed by atoms with Gasteiger partial charge in [-0.2, -0.15) is 5.10 Å². The number of nitrogens with one attached hydrogen (secondary N) is 1. The zero-order chi connectivity index (χ0) is 14.5. The van der Waals surface area contributed by atoms with Crippen molar-refractivity contribution < 1.29 is 0 Å². The van der Waals surface area contributed by atoms with Crippen molar-refractivity contribution in [3.8, 4) is 0 Å². The average molecular weight is 292 g/mol. The van der Waals surface area contributed by atoms with E-state index in [0.717, 1.165) is 6.42 Å². The topological polar surface area (TPSA) is 46.9 Å². The zero-order valence-electron chi connectivity index (χ0n) is 11.7. The fourth-order valence-electron chi connectivity index (χ4n) is 2.08. The van der Waals surface area contributed by atoms with E-state index in [1.165, 1.54) is 15.8 Å². The highest BCUT2D eigenvalue weighted by molar-refractivity contribution is 6.32. The number of aryl methyl sites for hydroxylation is 2. The van der Waals surface area contributed by atoms with Crippen molar-refractivity contribution in [3.63, 3.8) is 0 Å². The Morgan fingerprint density at radius 3 is 2.60 bits per heavy atom.